The Morgan fingerprint density at radius 2 is 2.10 bits per heavy atom. The van der Waals surface area contributed by atoms with Crippen LogP contribution in [0.2, 0.25) is 0 Å². The summed E-state index contributed by atoms with van der Waals surface area (Å²) >= 11 is 6.53. The largest absolute Gasteiger partial charge is 0.419 e. The molecule has 0 fully saturated rings. The average Bonchev–Trinajstić information content (AvgIpc) is 2.69. The number of oxazole rings is 1. The van der Waals surface area contributed by atoms with Gasteiger partial charge >= 0.3 is 5.76 Å². The minimum atomic E-state index is -0.358. The molecule has 2 aromatic rings. The van der Waals surface area contributed by atoms with Gasteiger partial charge in [-0.25, -0.2) is 4.79 Å². The lowest BCUT2D eigenvalue weighted by molar-refractivity contribution is 0.528. The lowest BCUT2D eigenvalue weighted by atomic mass is 9.99. The number of aryl methyl sites for hydroxylation is 1. The summed E-state index contributed by atoms with van der Waals surface area (Å²) in [5.74, 6) is -0.0482. The first kappa shape index (κ1) is 14.0. The van der Waals surface area contributed by atoms with Crippen LogP contribution in [-0.4, -0.2) is 4.57 Å². The highest BCUT2D eigenvalue weighted by Gasteiger charge is 2.16. The van der Waals surface area contributed by atoms with Crippen LogP contribution in [0, 0.1) is 5.92 Å². The number of fused-ring (bicyclic) bond motifs is 1. The third-order valence-electron chi connectivity index (χ3n) is 4.03. The SMILES string of the molecule is CC1=C(Cl)C(c2ccc3c(c2)oc(=O)n3C)=CC=CC1C. The molecule has 0 radical (unpaired) electrons. The van der Waals surface area contributed by atoms with Crippen molar-refractivity contribution in [1.82, 2.24) is 4.57 Å². The molecule has 3 rings (SSSR count). The lowest BCUT2D eigenvalue weighted by Gasteiger charge is -2.11. The van der Waals surface area contributed by atoms with Gasteiger partial charge in [-0.2, -0.15) is 0 Å². The zero-order valence-electron chi connectivity index (χ0n) is 12.2. The number of rotatable bonds is 1. The molecule has 1 aromatic heterocycles. The molecular formula is C17H16ClNO2. The zero-order valence-corrected chi connectivity index (χ0v) is 12.9. The highest BCUT2D eigenvalue weighted by Crippen LogP contribution is 2.35. The quantitative estimate of drug-likeness (QED) is 0.790. The van der Waals surface area contributed by atoms with Crippen LogP contribution in [0.15, 0.2) is 56.2 Å². The summed E-state index contributed by atoms with van der Waals surface area (Å²) < 4.78 is 6.74. The Balaban J connectivity index is 2.18. The van der Waals surface area contributed by atoms with Crippen LogP contribution in [0.25, 0.3) is 16.7 Å². The Kier molecular flexibility index (Phi) is 3.38. The Morgan fingerprint density at radius 3 is 2.86 bits per heavy atom. The highest BCUT2D eigenvalue weighted by molar-refractivity contribution is 6.37. The fraction of sp³-hybridized carbons (Fsp3) is 0.235. The number of halogens is 1. The topological polar surface area (TPSA) is 35.1 Å². The van der Waals surface area contributed by atoms with Crippen LogP contribution in [-0.2, 0) is 7.05 Å². The summed E-state index contributed by atoms with van der Waals surface area (Å²) in [5, 5.41) is 0.755. The molecule has 1 unspecified atom stereocenters. The minimum Gasteiger partial charge on any atom is -0.408 e. The molecular weight excluding hydrogens is 286 g/mol. The standard InChI is InChI=1S/C17H16ClNO2/c1-10-5-4-6-13(16(18)11(10)2)12-7-8-14-15(9-12)21-17(20)19(14)3/h4-10H,1-3H3. The van der Waals surface area contributed by atoms with Crippen molar-refractivity contribution in [1.29, 1.82) is 0 Å². The third-order valence-corrected chi connectivity index (χ3v) is 4.53. The maximum Gasteiger partial charge on any atom is 0.419 e. The molecule has 0 saturated carbocycles. The van der Waals surface area contributed by atoms with Crippen LogP contribution >= 0.6 is 11.6 Å². The van der Waals surface area contributed by atoms with E-state index in [1.807, 2.05) is 37.3 Å². The van der Waals surface area contributed by atoms with E-state index < -0.39 is 0 Å². The first-order chi connectivity index (χ1) is 9.99. The number of allylic oxidation sites excluding steroid dienone is 6. The fourth-order valence-electron chi connectivity index (χ4n) is 2.47. The second-order valence-corrected chi connectivity index (χ2v) is 5.74. The second kappa shape index (κ2) is 5.08. The van der Waals surface area contributed by atoms with Crippen LogP contribution in [0.3, 0.4) is 0 Å². The molecule has 3 nitrogen and oxygen atoms in total. The van der Waals surface area contributed by atoms with Gasteiger partial charge in [-0.1, -0.05) is 42.8 Å². The van der Waals surface area contributed by atoms with Gasteiger partial charge in [0.2, 0.25) is 0 Å². The molecule has 1 aromatic carbocycles. The molecule has 108 valence electrons. The van der Waals surface area contributed by atoms with Gasteiger partial charge in [0.05, 0.1) is 5.52 Å². The Hall–Kier alpha value is -2.00. The van der Waals surface area contributed by atoms with E-state index in [1.54, 1.807) is 7.05 Å². The van der Waals surface area contributed by atoms with Crippen molar-refractivity contribution in [3.05, 3.63) is 63.1 Å². The summed E-state index contributed by atoms with van der Waals surface area (Å²) in [6.45, 7) is 4.15. The molecule has 21 heavy (non-hydrogen) atoms. The lowest BCUT2D eigenvalue weighted by Crippen LogP contribution is -2.08. The van der Waals surface area contributed by atoms with E-state index in [9.17, 15) is 4.79 Å². The van der Waals surface area contributed by atoms with Gasteiger partial charge in [0, 0.05) is 17.7 Å². The molecule has 0 aliphatic heterocycles. The molecule has 1 atom stereocenters. The Bertz CT molecular complexity index is 865. The molecule has 0 N–H and O–H groups in total. The zero-order chi connectivity index (χ0) is 15.1. The van der Waals surface area contributed by atoms with Gasteiger partial charge in [-0.05, 0) is 36.1 Å². The fourth-order valence-corrected chi connectivity index (χ4v) is 2.82. The number of hydrogen-bond acceptors (Lipinski definition) is 2. The van der Waals surface area contributed by atoms with E-state index in [1.165, 1.54) is 4.57 Å². The van der Waals surface area contributed by atoms with Crippen LogP contribution in [0.5, 0.6) is 0 Å². The number of aromatic nitrogens is 1. The summed E-state index contributed by atoms with van der Waals surface area (Å²) in [6.07, 6.45) is 6.13. The highest BCUT2D eigenvalue weighted by atomic mass is 35.5. The third kappa shape index (κ3) is 2.28. The van der Waals surface area contributed by atoms with Crippen molar-refractivity contribution >= 4 is 28.3 Å². The van der Waals surface area contributed by atoms with Crippen molar-refractivity contribution in [3.63, 3.8) is 0 Å². The second-order valence-electron chi connectivity index (χ2n) is 5.36. The van der Waals surface area contributed by atoms with Crippen molar-refractivity contribution in [2.24, 2.45) is 13.0 Å². The summed E-state index contributed by atoms with van der Waals surface area (Å²) in [6, 6.07) is 5.71. The molecule has 1 aliphatic rings. The van der Waals surface area contributed by atoms with E-state index in [0.29, 0.717) is 11.5 Å². The summed E-state index contributed by atoms with van der Waals surface area (Å²) in [7, 11) is 1.69. The monoisotopic (exact) mass is 301 g/mol. The predicted molar refractivity (Wildman–Crippen MR) is 86.3 cm³/mol. The molecule has 4 heteroatoms. The van der Waals surface area contributed by atoms with E-state index >= 15 is 0 Å². The van der Waals surface area contributed by atoms with Crippen LogP contribution in [0.4, 0.5) is 0 Å². The van der Waals surface area contributed by atoms with Gasteiger partial charge in [-0.15, -0.1) is 0 Å². The first-order valence-electron chi connectivity index (χ1n) is 6.84. The number of nitrogens with zero attached hydrogens (tertiary/aromatic N) is 1. The first-order valence-corrected chi connectivity index (χ1v) is 7.22. The molecule has 1 heterocycles. The van der Waals surface area contributed by atoms with E-state index in [-0.39, 0.29) is 5.76 Å². The van der Waals surface area contributed by atoms with Gasteiger partial charge in [0.1, 0.15) is 0 Å². The van der Waals surface area contributed by atoms with Crippen LogP contribution < -0.4 is 5.76 Å². The van der Waals surface area contributed by atoms with Gasteiger partial charge in [-0.3, -0.25) is 4.57 Å². The molecule has 0 amide bonds. The maximum atomic E-state index is 11.6. The van der Waals surface area contributed by atoms with E-state index in [4.69, 9.17) is 16.0 Å². The molecule has 0 saturated heterocycles. The minimum absolute atomic E-state index is 0.310. The Morgan fingerprint density at radius 1 is 1.33 bits per heavy atom. The number of hydrogen-bond donors (Lipinski definition) is 0. The van der Waals surface area contributed by atoms with Gasteiger partial charge < -0.3 is 4.42 Å². The van der Waals surface area contributed by atoms with Crippen LogP contribution in [0.1, 0.15) is 19.4 Å². The Labute approximate surface area is 127 Å². The van der Waals surface area contributed by atoms with Crippen molar-refractivity contribution < 1.29 is 4.42 Å². The normalized spacial score (nSPS) is 19.0. The maximum absolute atomic E-state index is 11.6. The smallest absolute Gasteiger partial charge is 0.408 e. The van der Waals surface area contributed by atoms with E-state index in [0.717, 1.165) is 27.3 Å². The molecule has 0 spiro atoms. The predicted octanol–water partition coefficient (Wildman–Crippen LogP) is 4.23. The molecule has 0 bridgehead atoms. The van der Waals surface area contributed by atoms with Crippen molar-refractivity contribution in [3.8, 4) is 0 Å². The van der Waals surface area contributed by atoms with Gasteiger partial charge in [0.25, 0.3) is 0 Å². The number of benzene rings is 1. The summed E-state index contributed by atoms with van der Waals surface area (Å²) in [5.41, 5.74) is 4.37. The summed E-state index contributed by atoms with van der Waals surface area (Å²) in [4.78, 5) is 11.6. The van der Waals surface area contributed by atoms with Gasteiger partial charge in [0.15, 0.2) is 5.58 Å². The van der Waals surface area contributed by atoms with Crippen molar-refractivity contribution in [2.75, 3.05) is 0 Å². The average molecular weight is 302 g/mol. The van der Waals surface area contributed by atoms with Crippen molar-refractivity contribution in [2.45, 2.75) is 13.8 Å². The van der Waals surface area contributed by atoms with E-state index in [2.05, 4.69) is 13.0 Å². The molecule has 1 aliphatic carbocycles.